The van der Waals surface area contributed by atoms with Crippen LogP contribution in [0, 0.1) is 39.0 Å². The van der Waals surface area contributed by atoms with Gasteiger partial charge in [0.05, 0.1) is 28.3 Å². The molecular formula is C24H26N2O6. The molecule has 4 rings (SSSR count). The van der Waals surface area contributed by atoms with Gasteiger partial charge in [0.25, 0.3) is 5.69 Å². The monoisotopic (exact) mass is 438 g/mol. The van der Waals surface area contributed by atoms with E-state index in [-0.39, 0.29) is 10.6 Å². The van der Waals surface area contributed by atoms with Gasteiger partial charge in [-0.15, -0.1) is 0 Å². The molecule has 0 amide bonds. The van der Waals surface area contributed by atoms with Gasteiger partial charge in [0.1, 0.15) is 6.29 Å². The SMILES string of the molecule is Cc1ccc([C@H]2[C@H]([N+](=O)[O-])[C@@H](c3ccc([N+](=O)[O-])cc3)[C@@H]3CCCC[C@@]3(O)[C@@H]2C=O)cc1. The molecule has 0 aliphatic heterocycles. The number of nitro benzene ring substituents is 1. The summed E-state index contributed by atoms with van der Waals surface area (Å²) in [4.78, 5) is 35.1. The number of carbonyl (C=O) groups is 1. The highest BCUT2D eigenvalue weighted by molar-refractivity contribution is 5.60. The van der Waals surface area contributed by atoms with Gasteiger partial charge < -0.3 is 9.90 Å². The summed E-state index contributed by atoms with van der Waals surface area (Å²) in [6.07, 6.45) is 3.21. The summed E-state index contributed by atoms with van der Waals surface area (Å²) in [6.45, 7) is 1.91. The van der Waals surface area contributed by atoms with Crippen LogP contribution in [0.15, 0.2) is 48.5 Å². The molecule has 2 aromatic rings. The normalized spacial score (nSPS) is 32.0. The third-order valence-corrected chi connectivity index (χ3v) is 7.46. The number of aliphatic hydroxyl groups is 1. The molecule has 0 aromatic heterocycles. The minimum Gasteiger partial charge on any atom is -0.389 e. The van der Waals surface area contributed by atoms with Crippen molar-refractivity contribution in [3.05, 3.63) is 85.4 Å². The van der Waals surface area contributed by atoms with Crippen molar-refractivity contribution in [1.82, 2.24) is 0 Å². The second-order valence-corrected chi connectivity index (χ2v) is 9.09. The number of aryl methyl sites for hydroxylation is 1. The van der Waals surface area contributed by atoms with E-state index in [0.29, 0.717) is 30.3 Å². The molecule has 1 N–H and O–H groups in total. The van der Waals surface area contributed by atoms with E-state index in [1.165, 1.54) is 12.1 Å². The largest absolute Gasteiger partial charge is 0.389 e. The molecule has 0 saturated heterocycles. The van der Waals surface area contributed by atoms with Crippen LogP contribution in [0.25, 0.3) is 0 Å². The molecule has 0 bridgehead atoms. The van der Waals surface area contributed by atoms with E-state index in [9.17, 15) is 30.1 Å². The molecule has 2 saturated carbocycles. The van der Waals surface area contributed by atoms with Gasteiger partial charge in [0.15, 0.2) is 0 Å². The topological polar surface area (TPSA) is 124 Å². The summed E-state index contributed by atoms with van der Waals surface area (Å²) in [5, 5.41) is 35.5. The van der Waals surface area contributed by atoms with Crippen LogP contribution >= 0.6 is 0 Å². The van der Waals surface area contributed by atoms with Crippen LogP contribution in [0.3, 0.4) is 0 Å². The molecule has 2 aromatic carbocycles. The van der Waals surface area contributed by atoms with Crippen molar-refractivity contribution in [2.75, 3.05) is 0 Å². The van der Waals surface area contributed by atoms with Crippen LogP contribution in [0.1, 0.15) is 54.2 Å². The number of benzene rings is 2. The van der Waals surface area contributed by atoms with Gasteiger partial charge in [0, 0.05) is 23.0 Å². The molecule has 32 heavy (non-hydrogen) atoms. The number of hydrogen-bond acceptors (Lipinski definition) is 6. The smallest absolute Gasteiger partial charge is 0.269 e. The highest BCUT2D eigenvalue weighted by Gasteiger charge is 2.63. The lowest BCUT2D eigenvalue weighted by molar-refractivity contribution is -0.541. The first kappa shape index (κ1) is 22.1. The first-order chi connectivity index (χ1) is 15.3. The number of carbonyl (C=O) groups excluding carboxylic acids is 1. The second-order valence-electron chi connectivity index (χ2n) is 9.09. The third kappa shape index (κ3) is 3.58. The number of nitro groups is 2. The van der Waals surface area contributed by atoms with Gasteiger partial charge in [-0.1, -0.05) is 54.8 Å². The fraction of sp³-hybridized carbons (Fsp3) is 0.458. The summed E-state index contributed by atoms with van der Waals surface area (Å²) < 4.78 is 0. The minimum atomic E-state index is -1.37. The number of hydrogen-bond donors (Lipinski definition) is 1. The van der Waals surface area contributed by atoms with Crippen LogP contribution in [0.2, 0.25) is 0 Å². The molecule has 2 fully saturated rings. The van der Waals surface area contributed by atoms with Crippen molar-refractivity contribution in [3.8, 4) is 0 Å². The molecule has 6 atom stereocenters. The molecule has 0 radical (unpaired) electrons. The Bertz CT molecular complexity index is 1020. The number of non-ortho nitro benzene ring substituents is 1. The van der Waals surface area contributed by atoms with E-state index in [1.54, 1.807) is 24.3 Å². The van der Waals surface area contributed by atoms with Crippen LogP contribution in [0.4, 0.5) is 5.69 Å². The van der Waals surface area contributed by atoms with Crippen LogP contribution < -0.4 is 0 Å². The number of aldehydes is 1. The Kier molecular flexibility index (Phi) is 5.81. The Hall–Kier alpha value is -3.13. The lowest BCUT2D eigenvalue weighted by Gasteiger charge is -2.54. The summed E-state index contributed by atoms with van der Waals surface area (Å²) in [6, 6.07) is 12.0. The third-order valence-electron chi connectivity index (χ3n) is 7.46. The lowest BCUT2D eigenvalue weighted by Crippen LogP contribution is -2.61. The highest BCUT2D eigenvalue weighted by atomic mass is 16.6. The van der Waals surface area contributed by atoms with Crippen molar-refractivity contribution in [2.24, 2.45) is 11.8 Å². The standard InChI is InChI=1S/C24H26N2O6/c1-15-5-7-16(8-6-15)22-20(14-27)24(28)13-3-2-4-19(24)21(23(22)26(31)32)17-9-11-18(12-10-17)25(29)30/h5-12,14,19-23,28H,2-4,13H2,1H3/t19-,20+,21-,22+,23+,24-/m0/s1. The second kappa shape index (κ2) is 8.43. The number of rotatable bonds is 5. The Balaban J connectivity index is 1.91. The first-order valence-electron chi connectivity index (χ1n) is 10.9. The molecule has 0 unspecified atom stereocenters. The maximum atomic E-state index is 12.5. The average Bonchev–Trinajstić information content (AvgIpc) is 2.77. The van der Waals surface area contributed by atoms with Crippen LogP contribution in [0.5, 0.6) is 0 Å². The lowest BCUT2D eigenvalue weighted by atomic mass is 9.51. The molecule has 168 valence electrons. The van der Waals surface area contributed by atoms with Gasteiger partial charge >= 0.3 is 0 Å². The van der Waals surface area contributed by atoms with Crippen molar-refractivity contribution in [1.29, 1.82) is 0 Å². The molecule has 2 aliphatic carbocycles. The van der Waals surface area contributed by atoms with Crippen molar-refractivity contribution >= 4 is 12.0 Å². The minimum absolute atomic E-state index is 0.0954. The number of nitrogens with zero attached hydrogens (tertiary/aromatic N) is 2. The quantitative estimate of drug-likeness (QED) is 0.425. The van der Waals surface area contributed by atoms with E-state index in [0.717, 1.165) is 18.4 Å². The van der Waals surface area contributed by atoms with Gasteiger partial charge in [0.2, 0.25) is 6.04 Å². The zero-order valence-electron chi connectivity index (χ0n) is 17.8. The zero-order chi connectivity index (χ0) is 23.0. The zero-order valence-corrected chi connectivity index (χ0v) is 17.8. The summed E-state index contributed by atoms with van der Waals surface area (Å²) >= 11 is 0. The first-order valence-corrected chi connectivity index (χ1v) is 10.9. The van der Waals surface area contributed by atoms with E-state index < -0.39 is 40.2 Å². The van der Waals surface area contributed by atoms with Gasteiger partial charge in [-0.3, -0.25) is 20.2 Å². The summed E-state index contributed by atoms with van der Waals surface area (Å²) in [7, 11) is 0. The molecule has 8 nitrogen and oxygen atoms in total. The highest BCUT2D eigenvalue weighted by Crippen LogP contribution is 2.58. The average molecular weight is 438 g/mol. The Morgan fingerprint density at radius 3 is 2.12 bits per heavy atom. The Morgan fingerprint density at radius 2 is 1.56 bits per heavy atom. The fourth-order valence-electron chi connectivity index (χ4n) is 6.00. The predicted molar refractivity (Wildman–Crippen MR) is 117 cm³/mol. The molecule has 2 aliphatic rings. The Morgan fingerprint density at radius 1 is 0.969 bits per heavy atom. The predicted octanol–water partition coefficient (Wildman–Crippen LogP) is 4.17. The van der Waals surface area contributed by atoms with Gasteiger partial charge in [-0.05, 0) is 30.9 Å². The van der Waals surface area contributed by atoms with Gasteiger partial charge in [-0.2, -0.15) is 0 Å². The van der Waals surface area contributed by atoms with E-state index >= 15 is 0 Å². The van der Waals surface area contributed by atoms with Crippen molar-refractivity contribution < 1.29 is 19.7 Å². The fourth-order valence-corrected chi connectivity index (χ4v) is 6.00. The van der Waals surface area contributed by atoms with Crippen molar-refractivity contribution in [3.63, 3.8) is 0 Å². The molecular weight excluding hydrogens is 412 g/mol. The summed E-state index contributed by atoms with van der Waals surface area (Å²) in [5.41, 5.74) is 0.768. The van der Waals surface area contributed by atoms with Gasteiger partial charge in [-0.25, -0.2) is 0 Å². The van der Waals surface area contributed by atoms with Crippen LogP contribution in [-0.4, -0.2) is 32.9 Å². The number of fused-ring (bicyclic) bond motifs is 1. The maximum absolute atomic E-state index is 12.5. The van der Waals surface area contributed by atoms with Crippen molar-refractivity contribution in [2.45, 2.75) is 56.1 Å². The molecule has 0 spiro atoms. The maximum Gasteiger partial charge on any atom is 0.269 e. The molecule has 0 heterocycles. The van der Waals surface area contributed by atoms with Crippen LogP contribution in [-0.2, 0) is 4.79 Å². The van der Waals surface area contributed by atoms with E-state index in [2.05, 4.69) is 0 Å². The Labute approximate surface area is 185 Å². The summed E-state index contributed by atoms with van der Waals surface area (Å²) in [5.74, 6) is -2.86. The molecule has 8 heteroatoms. The van der Waals surface area contributed by atoms with E-state index in [4.69, 9.17) is 0 Å². The van der Waals surface area contributed by atoms with E-state index in [1.807, 2.05) is 19.1 Å².